The fourth-order valence-electron chi connectivity index (χ4n) is 1.50. The van der Waals surface area contributed by atoms with Crippen LogP contribution in [-0.2, 0) is 0 Å². The van der Waals surface area contributed by atoms with E-state index in [4.69, 9.17) is 18.0 Å². The first-order chi connectivity index (χ1) is 7.35. The predicted molar refractivity (Wildman–Crippen MR) is 75.1 cm³/mol. The SMILES string of the molecule is CCC(C)(C)Nc1ccc(C(N)=S)c(C)c1. The Bertz CT molecular complexity index is 397. The average molecular weight is 236 g/mol. The summed E-state index contributed by atoms with van der Waals surface area (Å²) in [4.78, 5) is 0.457. The van der Waals surface area contributed by atoms with Gasteiger partial charge in [0.05, 0.1) is 0 Å². The van der Waals surface area contributed by atoms with E-state index in [1.807, 2.05) is 19.1 Å². The maximum absolute atomic E-state index is 5.63. The van der Waals surface area contributed by atoms with Gasteiger partial charge in [0, 0.05) is 16.8 Å². The van der Waals surface area contributed by atoms with Crippen LogP contribution in [0.25, 0.3) is 0 Å². The molecular weight excluding hydrogens is 216 g/mol. The topological polar surface area (TPSA) is 38.0 Å². The Balaban J connectivity index is 2.94. The van der Waals surface area contributed by atoms with Crippen LogP contribution in [0.2, 0.25) is 0 Å². The molecular formula is C13H20N2S. The van der Waals surface area contributed by atoms with Gasteiger partial charge in [-0.25, -0.2) is 0 Å². The van der Waals surface area contributed by atoms with Gasteiger partial charge in [0.25, 0.3) is 0 Å². The summed E-state index contributed by atoms with van der Waals surface area (Å²) in [6, 6.07) is 6.09. The van der Waals surface area contributed by atoms with Crippen molar-refractivity contribution in [1.82, 2.24) is 0 Å². The molecule has 0 aliphatic carbocycles. The molecule has 0 aliphatic rings. The molecule has 3 heteroatoms. The van der Waals surface area contributed by atoms with Crippen molar-refractivity contribution in [1.29, 1.82) is 0 Å². The van der Waals surface area contributed by atoms with E-state index in [-0.39, 0.29) is 5.54 Å². The number of benzene rings is 1. The Kier molecular flexibility index (Phi) is 3.92. The number of thiocarbonyl (C=S) groups is 1. The van der Waals surface area contributed by atoms with E-state index in [0.29, 0.717) is 4.99 Å². The highest BCUT2D eigenvalue weighted by Gasteiger charge is 2.14. The number of hydrogen-bond acceptors (Lipinski definition) is 2. The molecule has 0 saturated carbocycles. The fourth-order valence-corrected chi connectivity index (χ4v) is 1.73. The summed E-state index contributed by atoms with van der Waals surface area (Å²) >= 11 is 4.98. The van der Waals surface area contributed by atoms with E-state index in [9.17, 15) is 0 Å². The Hall–Kier alpha value is -1.09. The van der Waals surface area contributed by atoms with Gasteiger partial charge in [-0.1, -0.05) is 19.1 Å². The smallest absolute Gasteiger partial charge is 0.104 e. The number of rotatable bonds is 4. The normalized spacial score (nSPS) is 11.2. The van der Waals surface area contributed by atoms with Crippen molar-refractivity contribution in [2.75, 3.05) is 5.32 Å². The molecule has 1 aromatic carbocycles. The third kappa shape index (κ3) is 3.20. The third-order valence-corrected chi connectivity index (χ3v) is 3.08. The van der Waals surface area contributed by atoms with Crippen molar-refractivity contribution in [2.24, 2.45) is 5.73 Å². The highest BCUT2D eigenvalue weighted by atomic mass is 32.1. The van der Waals surface area contributed by atoms with Gasteiger partial charge in [-0.3, -0.25) is 0 Å². The minimum absolute atomic E-state index is 0.108. The second-order valence-corrected chi connectivity index (χ2v) is 5.20. The first-order valence-corrected chi connectivity index (χ1v) is 5.95. The van der Waals surface area contributed by atoms with Gasteiger partial charge in [0.15, 0.2) is 0 Å². The van der Waals surface area contributed by atoms with E-state index >= 15 is 0 Å². The van der Waals surface area contributed by atoms with Crippen molar-refractivity contribution < 1.29 is 0 Å². The largest absolute Gasteiger partial charge is 0.389 e. The standard InChI is InChI=1S/C13H20N2S/c1-5-13(3,4)15-10-6-7-11(12(14)16)9(2)8-10/h6-8,15H,5H2,1-4H3,(H2,14,16). The Labute approximate surface area is 103 Å². The molecule has 88 valence electrons. The third-order valence-electron chi connectivity index (χ3n) is 2.86. The van der Waals surface area contributed by atoms with E-state index in [1.165, 1.54) is 0 Å². The van der Waals surface area contributed by atoms with E-state index in [0.717, 1.165) is 23.2 Å². The molecule has 0 bridgehead atoms. The van der Waals surface area contributed by atoms with E-state index in [1.54, 1.807) is 0 Å². The minimum Gasteiger partial charge on any atom is -0.389 e. The lowest BCUT2D eigenvalue weighted by molar-refractivity contribution is 0.547. The summed E-state index contributed by atoms with van der Waals surface area (Å²) in [7, 11) is 0. The lowest BCUT2D eigenvalue weighted by Crippen LogP contribution is -2.29. The monoisotopic (exact) mass is 236 g/mol. The van der Waals surface area contributed by atoms with Crippen LogP contribution >= 0.6 is 12.2 Å². The van der Waals surface area contributed by atoms with Crippen molar-refractivity contribution in [3.63, 3.8) is 0 Å². The number of nitrogens with two attached hydrogens (primary N) is 1. The summed E-state index contributed by atoms with van der Waals surface area (Å²) in [5.74, 6) is 0. The molecule has 0 unspecified atom stereocenters. The highest BCUT2D eigenvalue weighted by molar-refractivity contribution is 7.80. The van der Waals surface area contributed by atoms with Crippen LogP contribution in [0.15, 0.2) is 18.2 Å². The second kappa shape index (κ2) is 4.83. The molecule has 0 spiro atoms. The van der Waals surface area contributed by atoms with Gasteiger partial charge in [0.2, 0.25) is 0 Å². The summed E-state index contributed by atoms with van der Waals surface area (Å²) in [5, 5.41) is 3.49. The molecule has 1 aromatic rings. The second-order valence-electron chi connectivity index (χ2n) is 4.76. The zero-order chi connectivity index (χ0) is 12.3. The number of hydrogen-bond donors (Lipinski definition) is 2. The first kappa shape index (κ1) is 13.0. The lowest BCUT2D eigenvalue weighted by atomic mass is 10.0. The lowest BCUT2D eigenvalue weighted by Gasteiger charge is -2.26. The maximum atomic E-state index is 5.63. The Morgan fingerprint density at radius 2 is 2.06 bits per heavy atom. The first-order valence-electron chi connectivity index (χ1n) is 5.54. The Morgan fingerprint density at radius 1 is 1.44 bits per heavy atom. The molecule has 0 aliphatic heterocycles. The molecule has 0 heterocycles. The highest BCUT2D eigenvalue weighted by Crippen LogP contribution is 2.20. The molecule has 0 saturated heterocycles. The molecule has 0 atom stereocenters. The number of aryl methyl sites for hydroxylation is 1. The zero-order valence-electron chi connectivity index (χ0n) is 10.4. The minimum atomic E-state index is 0.108. The summed E-state index contributed by atoms with van der Waals surface area (Å²) in [6.45, 7) is 8.56. The zero-order valence-corrected chi connectivity index (χ0v) is 11.2. The number of anilines is 1. The number of nitrogens with one attached hydrogen (secondary N) is 1. The predicted octanol–water partition coefficient (Wildman–Crippen LogP) is 3.23. The molecule has 16 heavy (non-hydrogen) atoms. The molecule has 1 rings (SSSR count). The van der Waals surface area contributed by atoms with Gasteiger partial charge in [0.1, 0.15) is 4.99 Å². The molecule has 2 nitrogen and oxygen atoms in total. The van der Waals surface area contributed by atoms with Crippen LogP contribution in [0.4, 0.5) is 5.69 Å². The quantitative estimate of drug-likeness (QED) is 0.788. The summed E-state index contributed by atoms with van der Waals surface area (Å²) in [5.41, 5.74) is 8.92. The van der Waals surface area contributed by atoms with E-state index in [2.05, 4.69) is 32.2 Å². The molecule has 0 aromatic heterocycles. The summed E-state index contributed by atoms with van der Waals surface area (Å²) < 4.78 is 0. The van der Waals surface area contributed by atoms with Crippen LogP contribution < -0.4 is 11.1 Å². The maximum Gasteiger partial charge on any atom is 0.104 e. The Morgan fingerprint density at radius 3 is 2.50 bits per heavy atom. The van der Waals surface area contributed by atoms with Crippen LogP contribution in [0.1, 0.15) is 38.3 Å². The van der Waals surface area contributed by atoms with Crippen molar-refractivity contribution >= 4 is 22.9 Å². The van der Waals surface area contributed by atoms with Crippen LogP contribution in [0.5, 0.6) is 0 Å². The molecule has 0 radical (unpaired) electrons. The van der Waals surface area contributed by atoms with Crippen LogP contribution in [0.3, 0.4) is 0 Å². The van der Waals surface area contributed by atoms with Gasteiger partial charge < -0.3 is 11.1 Å². The van der Waals surface area contributed by atoms with Gasteiger partial charge in [-0.15, -0.1) is 0 Å². The summed E-state index contributed by atoms with van der Waals surface area (Å²) in [6.07, 6.45) is 1.07. The van der Waals surface area contributed by atoms with E-state index < -0.39 is 0 Å². The average Bonchev–Trinajstić information content (AvgIpc) is 2.16. The van der Waals surface area contributed by atoms with Crippen LogP contribution in [-0.4, -0.2) is 10.5 Å². The van der Waals surface area contributed by atoms with Gasteiger partial charge >= 0.3 is 0 Å². The van der Waals surface area contributed by atoms with Crippen molar-refractivity contribution in [3.8, 4) is 0 Å². The van der Waals surface area contributed by atoms with Crippen LogP contribution in [0, 0.1) is 6.92 Å². The molecule has 3 N–H and O–H groups in total. The van der Waals surface area contributed by atoms with Crippen molar-refractivity contribution in [3.05, 3.63) is 29.3 Å². The van der Waals surface area contributed by atoms with Gasteiger partial charge in [-0.2, -0.15) is 0 Å². The van der Waals surface area contributed by atoms with Gasteiger partial charge in [-0.05, 0) is 51.0 Å². The molecule has 0 fully saturated rings. The fraction of sp³-hybridized carbons (Fsp3) is 0.462. The molecule has 0 amide bonds. The van der Waals surface area contributed by atoms with Crippen molar-refractivity contribution in [2.45, 2.75) is 39.7 Å².